The molecule has 2 aromatic heterocycles. The molecule has 0 bridgehead atoms. The molecule has 2 heterocycles. The number of carboxylic acids is 1. The van der Waals surface area contributed by atoms with E-state index in [0.29, 0.717) is 11.3 Å². The van der Waals surface area contributed by atoms with E-state index in [2.05, 4.69) is 10.1 Å². The van der Waals surface area contributed by atoms with Crippen LogP contribution in [-0.2, 0) is 6.54 Å². The predicted molar refractivity (Wildman–Crippen MR) is 63.9 cm³/mol. The molecule has 0 aliphatic rings. The average molecular weight is 247 g/mol. The molecule has 0 aliphatic carbocycles. The summed E-state index contributed by atoms with van der Waals surface area (Å²) in [5, 5.41) is 13.2. The van der Waals surface area contributed by atoms with E-state index in [1.807, 2.05) is 6.92 Å². The van der Waals surface area contributed by atoms with Crippen LogP contribution < -0.4 is 4.74 Å². The Morgan fingerprint density at radius 1 is 1.56 bits per heavy atom. The van der Waals surface area contributed by atoms with Crippen molar-refractivity contribution in [3.05, 3.63) is 35.8 Å². The fourth-order valence-electron chi connectivity index (χ4n) is 1.55. The standard InChI is InChI=1S/C12H13N3O3/c1-3-15-7-9(6-14-15)18-11-10(12(16)17)8(2)4-5-13-11/h4-7H,3H2,1-2H3,(H,16,17). The normalized spacial score (nSPS) is 10.3. The van der Waals surface area contributed by atoms with Crippen molar-refractivity contribution in [3.63, 3.8) is 0 Å². The number of carboxylic acid groups (broad SMARTS) is 1. The van der Waals surface area contributed by atoms with Gasteiger partial charge in [0.2, 0.25) is 5.88 Å². The lowest BCUT2D eigenvalue weighted by molar-refractivity contribution is 0.0692. The maximum atomic E-state index is 11.2. The fourth-order valence-corrected chi connectivity index (χ4v) is 1.55. The van der Waals surface area contributed by atoms with Crippen LogP contribution in [0.1, 0.15) is 22.8 Å². The highest BCUT2D eigenvalue weighted by Crippen LogP contribution is 2.24. The van der Waals surface area contributed by atoms with Crippen molar-refractivity contribution in [2.24, 2.45) is 0 Å². The van der Waals surface area contributed by atoms with Gasteiger partial charge < -0.3 is 9.84 Å². The van der Waals surface area contributed by atoms with Crippen LogP contribution >= 0.6 is 0 Å². The van der Waals surface area contributed by atoms with Gasteiger partial charge in [-0.3, -0.25) is 4.68 Å². The number of aromatic nitrogens is 3. The van der Waals surface area contributed by atoms with Crippen molar-refractivity contribution in [2.75, 3.05) is 0 Å². The first kappa shape index (κ1) is 12.1. The summed E-state index contributed by atoms with van der Waals surface area (Å²) < 4.78 is 7.14. The smallest absolute Gasteiger partial charge is 0.341 e. The number of rotatable bonds is 4. The molecule has 0 aromatic carbocycles. The summed E-state index contributed by atoms with van der Waals surface area (Å²) in [4.78, 5) is 15.1. The molecule has 0 fully saturated rings. The van der Waals surface area contributed by atoms with Gasteiger partial charge in [0.15, 0.2) is 5.75 Å². The molecule has 2 rings (SSSR count). The molecular formula is C12H13N3O3. The molecule has 0 unspecified atom stereocenters. The van der Waals surface area contributed by atoms with Gasteiger partial charge >= 0.3 is 5.97 Å². The van der Waals surface area contributed by atoms with Crippen molar-refractivity contribution < 1.29 is 14.6 Å². The number of ether oxygens (including phenoxy) is 1. The molecule has 94 valence electrons. The van der Waals surface area contributed by atoms with Crippen LogP contribution in [-0.4, -0.2) is 25.8 Å². The third kappa shape index (κ3) is 2.32. The Morgan fingerprint density at radius 3 is 2.94 bits per heavy atom. The van der Waals surface area contributed by atoms with E-state index in [1.165, 1.54) is 12.4 Å². The summed E-state index contributed by atoms with van der Waals surface area (Å²) in [5.74, 6) is -0.505. The Balaban J connectivity index is 2.34. The van der Waals surface area contributed by atoms with E-state index in [9.17, 15) is 4.79 Å². The maximum Gasteiger partial charge on any atom is 0.341 e. The first-order chi connectivity index (χ1) is 8.61. The van der Waals surface area contributed by atoms with Crippen LogP contribution in [0.15, 0.2) is 24.7 Å². The largest absolute Gasteiger partial charge is 0.477 e. The van der Waals surface area contributed by atoms with E-state index in [1.54, 1.807) is 23.9 Å². The van der Waals surface area contributed by atoms with E-state index < -0.39 is 5.97 Å². The van der Waals surface area contributed by atoms with Crippen LogP contribution in [0.4, 0.5) is 0 Å². The molecule has 0 saturated heterocycles. The number of carbonyl (C=O) groups is 1. The number of aryl methyl sites for hydroxylation is 2. The van der Waals surface area contributed by atoms with Crippen LogP contribution in [0.25, 0.3) is 0 Å². The average Bonchev–Trinajstić information content (AvgIpc) is 2.76. The minimum Gasteiger partial charge on any atom is -0.477 e. The highest BCUT2D eigenvalue weighted by molar-refractivity contribution is 5.91. The highest BCUT2D eigenvalue weighted by atomic mass is 16.5. The second-order valence-corrected chi connectivity index (χ2v) is 3.75. The Hall–Kier alpha value is -2.37. The highest BCUT2D eigenvalue weighted by Gasteiger charge is 2.16. The number of pyridine rings is 1. The maximum absolute atomic E-state index is 11.2. The number of hydrogen-bond acceptors (Lipinski definition) is 4. The van der Waals surface area contributed by atoms with E-state index >= 15 is 0 Å². The SMILES string of the molecule is CCn1cc(Oc2nccc(C)c2C(=O)O)cn1. The fraction of sp³-hybridized carbons (Fsp3) is 0.250. The lowest BCUT2D eigenvalue weighted by Crippen LogP contribution is -2.04. The minimum atomic E-state index is -1.06. The van der Waals surface area contributed by atoms with E-state index in [0.717, 1.165) is 6.54 Å². The van der Waals surface area contributed by atoms with Crippen molar-refractivity contribution in [1.29, 1.82) is 0 Å². The lowest BCUT2D eigenvalue weighted by atomic mass is 10.1. The number of aromatic carboxylic acids is 1. The van der Waals surface area contributed by atoms with Gasteiger partial charge in [-0.15, -0.1) is 0 Å². The Kier molecular flexibility index (Phi) is 3.27. The second-order valence-electron chi connectivity index (χ2n) is 3.75. The molecule has 6 nitrogen and oxygen atoms in total. The molecule has 2 aromatic rings. The van der Waals surface area contributed by atoms with Gasteiger partial charge in [-0.05, 0) is 25.5 Å². The molecule has 0 saturated carbocycles. The quantitative estimate of drug-likeness (QED) is 0.895. The number of hydrogen-bond donors (Lipinski definition) is 1. The molecule has 0 amide bonds. The van der Waals surface area contributed by atoms with E-state index in [4.69, 9.17) is 9.84 Å². The topological polar surface area (TPSA) is 77.2 Å². The molecule has 1 N–H and O–H groups in total. The Bertz CT molecular complexity index is 578. The monoisotopic (exact) mass is 247 g/mol. The van der Waals surface area contributed by atoms with Gasteiger partial charge in [0.05, 0.1) is 12.4 Å². The third-order valence-corrected chi connectivity index (χ3v) is 2.49. The minimum absolute atomic E-state index is 0.0711. The number of nitrogens with zero attached hydrogens (tertiary/aromatic N) is 3. The zero-order valence-corrected chi connectivity index (χ0v) is 10.1. The van der Waals surface area contributed by atoms with Crippen molar-refractivity contribution in [1.82, 2.24) is 14.8 Å². The summed E-state index contributed by atoms with van der Waals surface area (Å²) in [6.45, 7) is 4.37. The Labute approximate surface area is 104 Å². The first-order valence-corrected chi connectivity index (χ1v) is 5.51. The molecule has 0 atom stereocenters. The van der Waals surface area contributed by atoms with Gasteiger partial charge in [-0.2, -0.15) is 5.10 Å². The molecule has 0 spiro atoms. The zero-order valence-electron chi connectivity index (χ0n) is 10.1. The van der Waals surface area contributed by atoms with Crippen LogP contribution in [0.2, 0.25) is 0 Å². The van der Waals surface area contributed by atoms with Gasteiger partial charge in [-0.25, -0.2) is 9.78 Å². The van der Waals surface area contributed by atoms with Crippen molar-refractivity contribution in [3.8, 4) is 11.6 Å². The van der Waals surface area contributed by atoms with Crippen LogP contribution in [0.5, 0.6) is 11.6 Å². The molecule has 0 radical (unpaired) electrons. The van der Waals surface area contributed by atoms with Gasteiger partial charge in [0, 0.05) is 12.7 Å². The van der Waals surface area contributed by atoms with E-state index in [-0.39, 0.29) is 11.4 Å². The van der Waals surface area contributed by atoms with Crippen LogP contribution in [0, 0.1) is 6.92 Å². The van der Waals surface area contributed by atoms with Gasteiger partial charge in [0.25, 0.3) is 0 Å². The third-order valence-electron chi connectivity index (χ3n) is 2.49. The first-order valence-electron chi connectivity index (χ1n) is 5.51. The Morgan fingerprint density at radius 2 is 2.33 bits per heavy atom. The van der Waals surface area contributed by atoms with Crippen LogP contribution in [0.3, 0.4) is 0 Å². The van der Waals surface area contributed by atoms with Gasteiger partial charge in [0.1, 0.15) is 5.56 Å². The molecule has 0 aliphatic heterocycles. The molecular weight excluding hydrogens is 234 g/mol. The summed E-state index contributed by atoms with van der Waals surface area (Å²) in [7, 11) is 0. The summed E-state index contributed by atoms with van der Waals surface area (Å²) >= 11 is 0. The van der Waals surface area contributed by atoms with Crippen molar-refractivity contribution in [2.45, 2.75) is 20.4 Å². The second kappa shape index (κ2) is 4.87. The summed E-state index contributed by atoms with van der Waals surface area (Å²) in [5.41, 5.74) is 0.678. The lowest BCUT2D eigenvalue weighted by Gasteiger charge is -2.07. The summed E-state index contributed by atoms with van der Waals surface area (Å²) in [6, 6.07) is 1.63. The predicted octanol–water partition coefficient (Wildman–Crippen LogP) is 2.10. The summed E-state index contributed by atoms with van der Waals surface area (Å²) in [6.07, 6.45) is 4.73. The molecule has 18 heavy (non-hydrogen) atoms. The van der Waals surface area contributed by atoms with Crippen molar-refractivity contribution >= 4 is 5.97 Å². The zero-order chi connectivity index (χ0) is 13.1. The van der Waals surface area contributed by atoms with Gasteiger partial charge in [-0.1, -0.05) is 0 Å². The molecule has 6 heteroatoms.